The molecule has 0 saturated carbocycles. The van der Waals surface area contributed by atoms with Crippen LogP contribution in [0.2, 0.25) is 0 Å². The average molecular weight is 304 g/mol. The second-order valence-corrected chi connectivity index (χ2v) is 6.38. The number of hydrogen-bond donors (Lipinski definition) is 0. The summed E-state index contributed by atoms with van der Waals surface area (Å²) in [5.41, 5.74) is 4.03. The van der Waals surface area contributed by atoms with E-state index in [1.165, 1.54) is 74.7 Å². The molecule has 1 aromatic rings. The minimum Gasteiger partial charge on any atom is -0.238 e. The summed E-state index contributed by atoms with van der Waals surface area (Å²) in [6, 6.07) is 0. The van der Waals surface area contributed by atoms with Crippen LogP contribution in [0.5, 0.6) is 0 Å². The summed E-state index contributed by atoms with van der Waals surface area (Å²) in [5, 5.41) is 0. The predicted molar refractivity (Wildman–Crippen MR) is 96.2 cm³/mol. The normalized spacial score (nSPS) is 11.1. The fourth-order valence-corrected chi connectivity index (χ4v) is 2.98. The average Bonchev–Trinajstić information content (AvgIpc) is 2.50. The van der Waals surface area contributed by atoms with Crippen LogP contribution < -0.4 is 0 Å². The summed E-state index contributed by atoms with van der Waals surface area (Å²) in [6.45, 7) is 10.8. The van der Waals surface area contributed by atoms with Gasteiger partial charge in [0.25, 0.3) is 0 Å². The van der Waals surface area contributed by atoms with Crippen molar-refractivity contribution >= 4 is 0 Å². The number of hydrogen-bond acceptors (Lipinski definition) is 2. The summed E-state index contributed by atoms with van der Waals surface area (Å²) in [5.74, 6) is 0.720. The first kappa shape index (κ1) is 19.1. The zero-order chi connectivity index (χ0) is 16.2. The molecule has 2 nitrogen and oxygen atoms in total. The highest BCUT2D eigenvalue weighted by molar-refractivity contribution is 5.27. The van der Waals surface area contributed by atoms with Crippen LogP contribution in [0.4, 0.5) is 0 Å². The van der Waals surface area contributed by atoms with Crippen molar-refractivity contribution in [2.24, 2.45) is 0 Å². The van der Waals surface area contributed by atoms with Gasteiger partial charge in [-0.3, -0.25) is 0 Å². The molecule has 1 rings (SSSR count). The molecule has 0 fully saturated rings. The second-order valence-electron chi connectivity index (χ2n) is 6.38. The summed E-state index contributed by atoms with van der Waals surface area (Å²) < 4.78 is 0. The molecule has 0 spiro atoms. The first-order chi connectivity index (χ1) is 10.7. The highest BCUT2D eigenvalue weighted by Gasteiger charge is 2.12. The van der Waals surface area contributed by atoms with Gasteiger partial charge in [0.1, 0.15) is 5.82 Å². The number of rotatable bonds is 12. The lowest BCUT2D eigenvalue weighted by molar-refractivity contribution is 0.655. The van der Waals surface area contributed by atoms with Gasteiger partial charge in [-0.2, -0.15) is 0 Å². The molecule has 0 aliphatic rings. The number of nitrogens with zero attached hydrogens (tertiary/aromatic N) is 2. The fourth-order valence-electron chi connectivity index (χ4n) is 2.98. The van der Waals surface area contributed by atoms with Crippen molar-refractivity contribution in [3.8, 4) is 0 Å². The Hall–Kier alpha value is -0.920. The topological polar surface area (TPSA) is 25.8 Å². The van der Waals surface area contributed by atoms with Gasteiger partial charge in [-0.05, 0) is 44.1 Å². The Kier molecular flexibility index (Phi) is 10.1. The second kappa shape index (κ2) is 11.6. The van der Waals surface area contributed by atoms with E-state index in [-0.39, 0.29) is 0 Å². The minimum atomic E-state index is 0.720. The molecule has 0 aliphatic carbocycles. The van der Waals surface area contributed by atoms with E-state index in [0.29, 0.717) is 0 Å². The molecule has 1 radical (unpaired) electrons. The molecule has 0 bridgehead atoms. The van der Waals surface area contributed by atoms with Crippen molar-refractivity contribution in [1.29, 1.82) is 0 Å². The maximum Gasteiger partial charge on any atom is 0.129 e. The molecule has 0 saturated heterocycles. The van der Waals surface area contributed by atoms with E-state index in [1.807, 2.05) is 0 Å². The Morgan fingerprint density at radius 1 is 0.636 bits per heavy atom. The van der Waals surface area contributed by atoms with Crippen molar-refractivity contribution in [2.75, 3.05) is 0 Å². The lowest BCUT2D eigenvalue weighted by Gasteiger charge is -2.15. The Morgan fingerprint density at radius 2 is 1.05 bits per heavy atom. The van der Waals surface area contributed by atoms with Crippen LogP contribution in [-0.2, 0) is 19.3 Å². The Balaban J connectivity index is 2.88. The Labute approximate surface area is 138 Å². The van der Waals surface area contributed by atoms with Crippen molar-refractivity contribution in [3.05, 3.63) is 29.7 Å². The van der Waals surface area contributed by atoms with Gasteiger partial charge in [0, 0.05) is 18.3 Å². The smallest absolute Gasteiger partial charge is 0.129 e. The van der Waals surface area contributed by atoms with Gasteiger partial charge in [-0.15, -0.1) is 0 Å². The molecule has 0 aliphatic heterocycles. The van der Waals surface area contributed by atoms with Crippen LogP contribution in [0, 0.1) is 6.92 Å². The number of unbranched alkanes of at least 4 members (excludes halogenated alkanes) is 6. The number of aryl methyl sites for hydroxylation is 2. The zero-order valence-corrected chi connectivity index (χ0v) is 15.1. The molecule has 22 heavy (non-hydrogen) atoms. The monoisotopic (exact) mass is 303 g/mol. The van der Waals surface area contributed by atoms with Crippen LogP contribution in [0.15, 0.2) is 0 Å². The molecule has 0 N–H and O–H groups in total. The molecule has 0 atom stereocenters. The molecule has 1 aromatic heterocycles. The molecular weight excluding hydrogens is 268 g/mol. The minimum absolute atomic E-state index is 0.720. The highest BCUT2D eigenvalue weighted by Crippen LogP contribution is 2.20. The van der Waals surface area contributed by atoms with Crippen LogP contribution in [0.25, 0.3) is 0 Å². The third-order valence-corrected chi connectivity index (χ3v) is 4.29. The van der Waals surface area contributed by atoms with Gasteiger partial charge in [-0.25, -0.2) is 9.97 Å². The van der Waals surface area contributed by atoms with E-state index in [2.05, 4.69) is 27.7 Å². The van der Waals surface area contributed by atoms with Gasteiger partial charge in [-0.1, -0.05) is 59.3 Å². The maximum atomic E-state index is 4.69. The summed E-state index contributed by atoms with van der Waals surface area (Å²) in [6.07, 6.45) is 14.8. The van der Waals surface area contributed by atoms with E-state index in [1.54, 1.807) is 0 Å². The van der Waals surface area contributed by atoms with Crippen molar-refractivity contribution in [3.63, 3.8) is 0 Å². The largest absolute Gasteiger partial charge is 0.238 e. The maximum absolute atomic E-state index is 4.69. The van der Waals surface area contributed by atoms with E-state index in [9.17, 15) is 0 Å². The van der Waals surface area contributed by atoms with Crippen LogP contribution >= 0.6 is 0 Å². The van der Waals surface area contributed by atoms with E-state index in [0.717, 1.165) is 25.1 Å². The first-order valence-corrected chi connectivity index (χ1v) is 9.43. The Bertz CT molecular complexity index is 381. The summed E-state index contributed by atoms with van der Waals surface area (Å²) >= 11 is 0. The Morgan fingerprint density at radius 3 is 1.45 bits per heavy atom. The highest BCUT2D eigenvalue weighted by atomic mass is 14.9. The van der Waals surface area contributed by atoms with Gasteiger partial charge in [0.2, 0.25) is 0 Å². The SMILES string of the molecule is [CH2]c1nc(CCCCC)c(CCCCC)c(CCCCC)n1. The van der Waals surface area contributed by atoms with Gasteiger partial charge >= 0.3 is 0 Å². The van der Waals surface area contributed by atoms with E-state index < -0.39 is 0 Å². The van der Waals surface area contributed by atoms with Crippen molar-refractivity contribution < 1.29 is 0 Å². The first-order valence-electron chi connectivity index (χ1n) is 9.43. The number of aromatic nitrogens is 2. The predicted octanol–water partition coefficient (Wildman–Crippen LogP) is 5.86. The van der Waals surface area contributed by atoms with Crippen LogP contribution in [0.3, 0.4) is 0 Å². The molecule has 2 heteroatoms. The van der Waals surface area contributed by atoms with Crippen molar-refractivity contribution in [1.82, 2.24) is 9.97 Å². The lowest BCUT2D eigenvalue weighted by Crippen LogP contribution is -2.09. The zero-order valence-electron chi connectivity index (χ0n) is 15.1. The van der Waals surface area contributed by atoms with Gasteiger partial charge in [0.05, 0.1) is 0 Å². The molecule has 0 aromatic carbocycles. The lowest BCUT2D eigenvalue weighted by atomic mass is 9.97. The quantitative estimate of drug-likeness (QED) is 0.452. The summed E-state index contributed by atoms with van der Waals surface area (Å²) in [7, 11) is 0. The third-order valence-electron chi connectivity index (χ3n) is 4.29. The van der Waals surface area contributed by atoms with Crippen molar-refractivity contribution in [2.45, 2.75) is 97.8 Å². The summed E-state index contributed by atoms with van der Waals surface area (Å²) in [4.78, 5) is 9.38. The van der Waals surface area contributed by atoms with Gasteiger partial charge in [0.15, 0.2) is 0 Å². The standard InChI is InChI=1S/C20H35N2/c1-5-8-11-14-18-19(15-12-9-6-2)21-17(4)22-20(18)16-13-10-7-3/h4-16H2,1-3H3. The van der Waals surface area contributed by atoms with Crippen LogP contribution in [-0.4, -0.2) is 9.97 Å². The van der Waals surface area contributed by atoms with Crippen LogP contribution in [0.1, 0.15) is 101 Å². The molecule has 0 amide bonds. The fraction of sp³-hybridized carbons (Fsp3) is 0.750. The van der Waals surface area contributed by atoms with E-state index >= 15 is 0 Å². The molecular formula is C20H35N2. The molecule has 1 heterocycles. The van der Waals surface area contributed by atoms with E-state index in [4.69, 9.17) is 9.97 Å². The molecule has 125 valence electrons. The third kappa shape index (κ3) is 6.89. The van der Waals surface area contributed by atoms with Gasteiger partial charge < -0.3 is 0 Å². The molecule has 0 unspecified atom stereocenters.